The molecule has 3 saturated heterocycles. The molecule has 14 atom stereocenters. The molecule has 0 aromatic carbocycles. The number of carbonyl (C=O) groups excluding carboxylic acids is 3. The highest BCUT2D eigenvalue weighted by atomic mass is 16.7. The minimum absolute atomic E-state index is 0.0809. The number of cyclic esters (lactones) is 1. The van der Waals surface area contributed by atoms with Crippen LogP contribution in [0.4, 0.5) is 0 Å². The molecule has 0 aliphatic carbocycles. The number of methoxy groups -OCH3 is 1. The quantitative estimate of drug-likeness (QED) is 0.186. The third-order valence-electron chi connectivity index (χ3n) is 13.4. The zero-order valence-electron chi connectivity index (χ0n) is 38.5. The van der Waals surface area contributed by atoms with Gasteiger partial charge in [0.05, 0.1) is 36.2 Å². The fourth-order valence-electron chi connectivity index (χ4n) is 9.14. The predicted molar refractivity (Wildman–Crippen MR) is 224 cm³/mol. The number of piperazine rings is 1. The molecule has 3 aliphatic heterocycles. The molecular weight excluding hydrogens is 762 g/mol. The van der Waals surface area contributed by atoms with E-state index in [0.717, 1.165) is 52.4 Å². The summed E-state index contributed by atoms with van der Waals surface area (Å²) in [5.74, 6) is -4.24. The summed E-state index contributed by atoms with van der Waals surface area (Å²) in [6, 6.07) is -1.22. The second-order valence-corrected chi connectivity index (χ2v) is 18.1. The average molecular weight is 844 g/mol. The van der Waals surface area contributed by atoms with E-state index in [9.17, 15) is 29.7 Å². The Morgan fingerprint density at radius 2 is 1.56 bits per heavy atom. The van der Waals surface area contributed by atoms with Crippen LogP contribution in [-0.4, -0.2) is 199 Å². The number of amides is 1. The lowest BCUT2D eigenvalue weighted by molar-refractivity contribution is -0.301. The number of carbonyl (C=O) groups is 3. The van der Waals surface area contributed by atoms with Crippen LogP contribution in [0.25, 0.3) is 0 Å². The van der Waals surface area contributed by atoms with Crippen LogP contribution in [0.1, 0.15) is 94.9 Å². The Bertz CT molecular complexity index is 1310. The predicted octanol–water partition coefficient (Wildman–Crippen LogP) is 1.71. The number of likely N-dealkylation sites (N-methyl/N-ethyl adjacent to an activating group) is 2. The van der Waals surface area contributed by atoms with Crippen LogP contribution in [0.3, 0.4) is 0 Å². The maximum Gasteiger partial charge on any atom is 0.312 e. The van der Waals surface area contributed by atoms with Crippen LogP contribution in [0, 0.1) is 17.8 Å². The zero-order chi connectivity index (χ0) is 44.4. The minimum Gasteiger partial charge on any atom is -0.461 e. The zero-order valence-corrected chi connectivity index (χ0v) is 38.5. The van der Waals surface area contributed by atoms with E-state index in [-0.39, 0.29) is 31.4 Å². The van der Waals surface area contributed by atoms with Crippen LogP contribution in [0.5, 0.6) is 0 Å². The van der Waals surface area contributed by atoms with Gasteiger partial charge in [0.15, 0.2) is 6.29 Å². The van der Waals surface area contributed by atoms with Crippen LogP contribution in [0.2, 0.25) is 0 Å². The van der Waals surface area contributed by atoms with Gasteiger partial charge in [-0.3, -0.25) is 19.3 Å². The van der Waals surface area contributed by atoms with Crippen LogP contribution in [-0.2, 0) is 38.1 Å². The van der Waals surface area contributed by atoms with Gasteiger partial charge in [-0.05, 0) is 81.1 Å². The summed E-state index contributed by atoms with van der Waals surface area (Å²) in [6.45, 7) is 25.9. The van der Waals surface area contributed by atoms with Crippen LogP contribution >= 0.6 is 0 Å². The van der Waals surface area contributed by atoms with E-state index in [0.29, 0.717) is 13.0 Å². The molecule has 0 radical (unpaired) electrons. The molecule has 3 aliphatic rings. The fourth-order valence-corrected chi connectivity index (χ4v) is 9.14. The smallest absolute Gasteiger partial charge is 0.312 e. The molecule has 4 N–H and O–H groups in total. The summed E-state index contributed by atoms with van der Waals surface area (Å²) in [5, 5.41) is 37.4. The Morgan fingerprint density at radius 1 is 0.966 bits per heavy atom. The number of aliphatic hydroxyl groups is 3. The maximum absolute atomic E-state index is 14.2. The first-order valence-electron chi connectivity index (χ1n) is 22.1. The van der Waals surface area contributed by atoms with E-state index in [1.165, 1.54) is 14.0 Å². The van der Waals surface area contributed by atoms with Crippen molar-refractivity contribution < 1.29 is 53.4 Å². The molecule has 3 fully saturated rings. The molecule has 0 saturated carbocycles. The third-order valence-corrected chi connectivity index (χ3v) is 13.4. The number of esters is 2. The Morgan fingerprint density at radius 3 is 2.10 bits per heavy atom. The summed E-state index contributed by atoms with van der Waals surface area (Å²) >= 11 is 0. The molecule has 16 heteroatoms. The van der Waals surface area contributed by atoms with Crippen LogP contribution in [0.15, 0.2) is 0 Å². The molecular formula is C43H81N5O11. The summed E-state index contributed by atoms with van der Waals surface area (Å²) in [7, 11) is 5.26. The highest BCUT2D eigenvalue weighted by Gasteiger charge is 2.52. The van der Waals surface area contributed by atoms with Gasteiger partial charge >= 0.3 is 11.9 Å². The van der Waals surface area contributed by atoms with Gasteiger partial charge in [0.1, 0.15) is 30.0 Å². The highest BCUT2D eigenvalue weighted by molar-refractivity contribution is 5.79. The molecule has 0 aromatic rings. The summed E-state index contributed by atoms with van der Waals surface area (Å²) < 4.78 is 31.6. The highest BCUT2D eigenvalue weighted by Crippen LogP contribution is 2.39. The van der Waals surface area contributed by atoms with E-state index < -0.39 is 89.7 Å². The summed E-state index contributed by atoms with van der Waals surface area (Å²) in [6.07, 6.45) is -6.40. The van der Waals surface area contributed by atoms with Crippen molar-refractivity contribution in [2.24, 2.45) is 17.8 Å². The average Bonchev–Trinajstić information content (AvgIpc) is 3.20. The SMILES string of the molecule is CC[C@H]1OC(=O)[C@H](C)[C@@H](OC(=O)CCN2CCN(CCN(CC)CC)CC2)[C@H](C)[C@@H](O[C@@H]2O[C@H](C)C[C@H](N(C)C)[C@H]2O)[C@](C)(OC)C[C@@H](C)C(=O)N[C@H](C)[C@@H](O)[C@]1(C)O. The van der Waals surface area contributed by atoms with Gasteiger partial charge in [-0.15, -0.1) is 0 Å². The maximum atomic E-state index is 14.2. The van der Waals surface area contributed by atoms with Crippen molar-refractivity contribution in [1.29, 1.82) is 0 Å². The molecule has 0 aromatic heterocycles. The largest absolute Gasteiger partial charge is 0.461 e. The van der Waals surface area contributed by atoms with E-state index in [1.807, 2.05) is 25.9 Å². The van der Waals surface area contributed by atoms with Crippen LogP contribution < -0.4 is 5.32 Å². The normalized spacial score (nSPS) is 39.0. The minimum atomic E-state index is -1.95. The van der Waals surface area contributed by atoms with Gasteiger partial charge in [-0.1, -0.05) is 34.6 Å². The van der Waals surface area contributed by atoms with E-state index >= 15 is 0 Å². The van der Waals surface area contributed by atoms with E-state index in [1.54, 1.807) is 41.5 Å². The second-order valence-electron chi connectivity index (χ2n) is 18.1. The standard InChI is InChI=1S/C43H81N5O11/c1-14-33-43(10,54)37(51)31(8)44-39(52)27(4)26-42(9,55-13)38(59-41-35(50)32(45(11)12)25-28(5)56-41)29(6)36(30(7)40(53)57-33)58-34(49)17-18-47-21-23-48(24-22-47)20-19-46(15-2)16-3/h27-33,35-38,41,50-51,54H,14-26H2,1-13H3,(H,44,52)/t27-,28-,29+,30-,31-,32+,33-,35-,36+,37-,38-,41+,42-,43-/m1/s1. The molecule has 59 heavy (non-hydrogen) atoms. The molecule has 16 nitrogen and oxygen atoms in total. The first-order chi connectivity index (χ1) is 27.6. The van der Waals surface area contributed by atoms with Crippen molar-refractivity contribution in [2.45, 2.75) is 161 Å². The Balaban J connectivity index is 2.00. The number of ether oxygens (including phenoxy) is 5. The Labute approximate surface area is 354 Å². The number of nitrogens with one attached hydrogen (secondary N) is 1. The van der Waals surface area contributed by atoms with Gasteiger partial charge in [0, 0.05) is 70.8 Å². The van der Waals surface area contributed by atoms with Crippen molar-refractivity contribution >= 4 is 17.8 Å². The van der Waals surface area contributed by atoms with Crippen molar-refractivity contribution in [3.8, 4) is 0 Å². The van der Waals surface area contributed by atoms with Gasteiger partial charge in [0.2, 0.25) is 5.91 Å². The Kier molecular flexibility index (Phi) is 19.9. The third kappa shape index (κ3) is 13.5. The lowest BCUT2D eigenvalue weighted by Crippen LogP contribution is -2.60. The number of hydrogen-bond donors (Lipinski definition) is 4. The van der Waals surface area contributed by atoms with E-state index in [4.69, 9.17) is 23.7 Å². The summed E-state index contributed by atoms with van der Waals surface area (Å²) in [4.78, 5) is 50.9. The van der Waals surface area contributed by atoms with Gasteiger partial charge in [-0.2, -0.15) is 0 Å². The van der Waals surface area contributed by atoms with Crippen molar-refractivity contribution in [2.75, 3.05) is 80.1 Å². The molecule has 1 amide bonds. The van der Waals surface area contributed by atoms with Crippen molar-refractivity contribution in [1.82, 2.24) is 24.9 Å². The molecule has 3 heterocycles. The second kappa shape index (κ2) is 22.9. The number of nitrogens with zero attached hydrogens (tertiary/aromatic N) is 4. The first kappa shape index (κ1) is 51.4. The lowest BCUT2D eigenvalue weighted by Gasteiger charge is -2.48. The Hall–Kier alpha value is -1.99. The summed E-state index contributed by atoms with van der Waals surface area (Å²) in [5.41, 5.74) is -3.22. The number of hydrogen-bond acceptors (Lipinski definition) is 15. The molecule has 344 valence electrons. The van der Waals surface area contributed by atoms with Crippen molar-refractivity contribution in [3.05, 3.63) is 0 Å². The molecule has 3 rings (SSSR count). The lowest BCUT2D eigenvalue weighted by atomic mass is 9.77. The number of aliphatic hydroxyl groups excluding tert-OH is 2. The number of rotatable bonds is 14. The van der Waals surface area contributed by atoms with Crippen molar-refractivity contribution in [3.63, 3.8) is 0 Å². The molecule has 0 bridgehead atoms. The van der Waals surface area contributed by atoms with E-state index in [2.05, 4.69) is 33.9 Å². The molecule has 0 unspecified atom stereocenters. The van der Waals surface area contributed by atoms with Gasteiger partial charge in [0.25, 0.3) is 0 Å². The first-order valence-corrected chi connectivity index (χ1v) is 22.1. The van der Waals surface area contributed by atoms with Gasteiger partial charge in [-0.25, -0.2) is 0 Å². The van der Waals surface area contributed by atoms with Gasteiger partial charge < -0.3 is 59.0 Å². The monoisotopic (exact) mass is 844 g/mol. The topological polar surface area (TPSA) is 183 Å². The molecule has 0 spiro atoms. The fraction of sp³-hybridized carbons (Fsp3) is 0.930.